The van der Waals surface area contributed by atoms with E-state index in [1.54, 1.807) is 14.2 Å². The van der Waals surface area contributed by atoms with Crippen molar-refractivity contribution in [1.82, 2.24) is 5.43 Å². The zero-order valence-corrected chi connectivity index (χ0v) is 9.46. The average molecular weight is 203 g/mol. The SMILES string of the molecule is CCC(C)(OC)C(=NCCOC)NN. The molecule has 0 aliphatic carbocycles. The number of amidine groups is 1. The topological polar surface area (TPSA) is 68.9 Å². The van der Waals surface area contributed by atoms with Crippen molar-refractivity contribution in [2.24, 2.45) is 10.8 Å². The van der Waals surface area contributed by atoms with Crippen molar-refractivity contribution < 1.29 is 9.47 Å². The van der Waals surface area contributed by atoms with Crippen molar-refractivity contribution >= 4 is 5.84 Å². The second-order valence-corrected chi connectivity index (χ2v) is 3.16. The Labute approximate surface area is 85.6 Å². The van der Waals surface area contributed by atoms with Gasteiger partial charge in [0.2, 0.25) is 0 Å². The summed E-state index contributed by atoms with van der Waals surface area (Å²) in [6, 6.07) is 0. The largest absolute Gasteiger partial charge is 0.383 e. The van der Waals surface area contributed by atoms with E-state index in [1.165, 1.54) is 0 Å². The molecule has 0 aromatic carbocycles. The molecule has 84 valence electrons. The Morgan fingerprint density at radius 1 is 1.50 bits per heavy atom. The maximum absolute atomic E-state index is 5.39. The van der Waals surface area contributed by atoms with Crippen molar-refractivity contribution in [3.63, 3.8) is 0 Å². The number of hydrogen-bond acceptors (Lipinski definition) is 4. The van der Waals surface area contributed by atoms with Gasteiger partial charge < -0.3 is 14.9 Å². The van der Waals surface area contributed by atoms with Crippen molar-refractivity contribution in [3.8, 4) is 0 Å². The Hall–Kier alpha value is -0.650. The Kier molecular flexibility index (Phi) is 6.44. The van der Waals surface area contributed by atoms with E-state index in [9.17, 15) is 0 Å². The highest BCUT2D eigenvalue weighted by molar-refractivity contribution is 5.89. The van der Waals surface area contributed by atoms with Gasteiger partial charge in [0.1, 0.15) is 11.4 Å². The van der Waals surface area contributed by atoms with Crippen LogP contribution in [0.1, 0.15) is 20.3 Å². The van der Waals surface area contributed by atoms with E-state index in [4.69, 9.17) is 15.3 Å². The van der Waals surface area contributed by atoms with Crippen molar-refractivity contribution in [2.75, 3.05) is 27.4 Å². The van der Waals surface area contributed by atoms with Crippen LogP contribution >= 0.6 is 0 Å². The van der Waals surface area contributed by atoms with Crippen LogP contribution in [0.5, 0.6) is 0 Å². The lowest BCUT2D eigenvalue weighted by Gasteiger charge is -2.27. The summed E-state index contributed by atoms with van der Waals surface area (Å²) in [5.41, 5.74) is 2.13. The van der Waals surface area contributed by atoms with Gasteiger partial charge in [-0.2, -0.15) is 0 Å². The zero-order valence-electron chi connectivity index (χ0n) is 9.46. The van der Waals surface area contributed by atoms with Crippen LogP contribution in [0.25, 0.3) is 0 Å². The molecule has 0 aliphatic rings. The monoisotopic (exact) mass is 203 g/mol. The summed E-state index contributed by atoms with van der Waals surface area (Å²) in [5, 5.41) is 0. The van der Waals surface area contributed by atoms with Gasteiger partial charge in [0.05, 0.1) is 13.2 Å². The number of nitrogens with one attached hydrogen (secondary N) is 1. The number of methoxy groups -OCH3 is 2. The first-order valence-electron chi connectivity index (χ1n) is 4.70. The van der Waals surface area contributed by atoms with E-state index in [0.717, 1.165) is 6.42 Å². The molecule has 0 saturated carbocycles. The fourth-order valence-electron chi connectivity index (χ4n) is 1.02. The quantitative estimate of drug-likeness (QED) is 0.214. The van der Waals surface area contributed by atoms with Gasteiger partial charge in [-0.1, -0.05) is 6.92 Å². The van der Waals surface area contributed by atoms with Gasteiger partial charge in [-0.25, -0.2) is 5.84 Å². The van der Waals surface area contributed by atoms with Crippen molar-refractivity contribution in [1.29, 1.82) is 0 Å². The molecule has 0 bridgehead atoms. The van der Waals surface area contributed by atoms with E-state index in [2.05, 4.69) is 10.4 Å². The van der Waals surface area contributed by atoms with Crippen LogP contribution in [-0.2, 0) is 9.47 Å². The number of nitrogens with two attached hydrogens (primary N) is 1. The summed E-state index contributed by atoms with van der Waals surface area (Å²) in [6.07, 6.45) is 0.805. The highest BCUT2D eigenvalue weighted by Gasteiger charge is 2.27. The summed E-state index contributed by atoms with van der Waals surface area (Å²) in [4.78, 5) is 4.28. The molecule has 0 aromatic rings. The van der Waals surface area contributed by atoms with Crippen molar-refractivity contribution in [3.05, 3.63) is 0 Å². The predicted molar refractivity (Wildman–Crippen MR) is 57.2 cm³/mol. The number of hydrogen-bond donors (Lipinski definition) is 2. The van der Waals surface area contributed by atoms with Gasteiger partial charge in [-0.3, -0.25) is 4.99 Å². The molecule has 5 heteroatoms. The van der Waals surface area contributed by atoms with E-state index >= 15 is 0 Å². The maximum atomic E-state index is 5.39. The van der Waals surface area contributed by atoms with Gasteiger partial charge >= 0.3 is 0 Å². The standard InChI is InChI=1S/C9H21N3O2/c1-5-9(2,14-4)8(12-10)11-6-7-13-3/h5-7,10H2,1-4H3,(H,11,12). The molecular formula is C9H21N3O2. The molecule has 0 aromatic heterocycles. The van der Waals surface area contributed by atoms with E-state index in [-0.39, 0.29) is 0 Å². The molecule has 0 rings (SSSR count). The Morgan fingerprint density at radius 2 is 2.14 bits per heavy atom. The van der Waals surface area contributed by atoms with E-state index in [1.807, 2.05) is 13.8 Å². The van der Waals surface area contributed by atoms with Gasteiger partial charge in [0.15, 0.2) is 0 Å². The van der Waals surface area contributed by atoms with Gasteiger partial charge in [0, 0.05) is 14.2 Å². The molecule has 0 spiro atoms. The van der Waals surface area contributed by atoms with Gasteiger partial charge in [-0.05, 0) is 13.3 Å². The van der Waals surface area contributed by atoms with Crippen molar-refractivity contribution in [2.45, 2.75) is 25.9 Å². The van der Waals surface area contributed by atoms with E-state index in [0.29, 0.717) is 19.0 Å². The molecule has 1 atom stereocenters. The molecule has 0 amide bonds. The summed E-state index contributed by atoms with van der Waals surface area (Å²) in [5.74, 6) is 6.04. The summed E-state index contributed by atoms with van der Waals surface area (Å²) in [6.45, 7) is 5.12. The summed E-state index contributed by atoms with van der Waals surface area (Å²) in [7, 11) is 3.28. The first-order valence-corrected chi connectivity index (χ1v) is 4.70. The molecular weight excluding hydrogens is 182 g/mol. The lowest BCUT2D eigenvalue weighted by atomic mass is 10.0. The molecule has 0 aliphatic heterocycles. The first-order chi connectivity index (χ1) is 6.64. The minimum absolute atomic E-state index is 0.442. The molecule has 1 unspecified atom stereocenters. The Bertz CT molecular complexity index is 179. The average Bonchev–Trinajstić information content (AvgIpc) is 2.23. The highest BCUT2D eigenvalue weighted by Crippen LogP contribution is 2.14. The number of aliphatic imine (C=N–C) groups is 1. The maximum Gasteiger partial charge on any atom is 0.143 e. The summed E-state index contributed by atoms with van der Waals surface area (Å²) >= 11 is 0. The number of nitrogens with zero attached hydrogens (tertiary/aromatic N) is 1. The molecule has 14 heavy (non-hydrogen) atoms. The van der Waals surface area contributed by atoms with Crippen LogP contribution in [0.15, 0.2) is 4.99 Å². The van der Waals surface area contributed by atoms with Crippen LogP contribution in [0, 0.1) is 0 Å². The fraction of sp³-hybridized carbons (Fsp3) is 0.889. The number of hydrazine groups is 1. The lowest BCUT2D eigenvalue weighted by molar-refractivity contribution is 0.0596. The minimum atomic E-state index is -0.442. The molecule has 0 saturated heterocycles. The molecule has 5 nitrogen and oxygen atoms in total. The third kappa shape index (κ3) is 3.61. The van der Waals surface area contributed by atoms with Crippen LogP contribution in [-0.4, -0.2) is 38.8 Å². The summed E-state index contributed by atoms with van der Waals surface area (Å²) < 4.78 is 10.3. The number of rotatable bonds is 6. The lowest BCUT2D eigenvalue weighted by Crippen LogP contribution is -2.48. The zero-order chi connectivity index (χ0) is 11.0. The third-order valence-electron chi connectivity index (χ3n) is 2.33. The van der Waals surface area contributed by atoms with Crippen LogP contribution < -0.4 is 11.3 Å². The van der Waals surface area contributed by atoms with Crippen LogP contribution in [0.2, 0.25) is 0 Å². The molecule has 3 N–H and O–H groups in total. The van der Waals surface area contributed by atoms with Gasteiger partial charge in [-0.15, -0.1) is 0 Å². The second kappa shape index (κ2) is 6.75. The predicted octanol–water partition coefficient (Wildman–Crippen LogP) is 0.310. The Morgan fingerprint density at radius 3 is 2.50 bits per heavy atom. The third-order valence-corrected chi connectivity index (χ3v) is 2.33. The fourth-order valence-corrected chi connectivity index (χ4v) is 1.02. The molecule has 0 heterocycles. The molecule has 0 fully saturated rings. The second-order valence-electron chi connectivity index (χ2n) is 3.16. The minimum Gasteiger partial charge on any atom is -0.383 e. The smallest absolute Gasteiger partial charge is 0.143 e. The normalized spacial score (nSPS) is 16.5. The first kappa shape index (κ1) is 13.4. The Balaban J connectivity index is 4.43. The highest BCUT2D eigenvalue weighted by atomic mass is 16.5. The number of ether oxygens (including phenoxy) is 2. The van der Waals surface area contributed by atoms with E-state index < -0.39 is 5.60 Å². The van der Waals surface area contributed by atoms with Gasteiger partial charge in [0.25, 0.3) is 0 Å². The van der Waals surface area contributed by atoms with Crippen LogP contribution in [0.4, 0.5) is 0 Å². The molecule has 0 radical (unpaired) electrons. The van der Waals surface area contributed by atoms with Crippen LogP contribution in [0.3, 0.4) is 0 Å².